The van der Waals surface area contributed by atoms with E-state index in [4.69, 9.17) is 10.5 Å². The van der Waals surface area contributed by atoms with Gasteiger partial charge in [0.05, 0.1) is 19.0 Å². The SMILES string of the molecule is COc1cnc(C)cc1Nc1cccc(N)c1. The number of benzene rings is 1. The molecule has 4 heteroatoms. The molecular formula is C13H15N3O. The second kappa shape index (κ2) is 4.74. The highest BCUT2D eigenvalue weighted by Crippen LogP contribution is 2.27. The molecule has 0 bridgehead atoms. The van der Waals surface area contributed by atoms with Crippen LogP contribution in [0.25, 0.3) is 0 Å². The van der Waals surface area contributed by atoms with Gasteiger partial charge in [-0.25, -0.2) is 0 Å². The van der Waals surface area contributed by atoms with Crippen molar-refractivity contribution in [1.29, 1.82) is 0 Å². The van der Waals surface area contributed by atoms with Crippen LogP contribution in [0.5, 0.6) is 5.75 Å². The quantitative estimate of drug-likeness (QED) is 0.794. The van der Waals surface area contributed by atoms with Crippen LogP contribution in [-0.2, 0) is 0 Å². The molecule has 0 atom stereocenters. The lowest BCUT2D eigenvalue weighted by Crippen LogP contribution is -1.97. The Hall–Kier alpha value is -2.23. The molecule has 0 saturated carbocycles. The lowest BCUT2D eigenvalue weighted by atomic mass is 10.2. The van der Waals surface area contributed by atoms with Gasteiger partial charge in [-0.1, -0.05) is 6.07 Å². The van der Waals surface area contributed by atoms with E-state index in [1.165, 1.54) is 0 Å². The van der Waals surface area contributed by atoms with Gasteiger partial charge in [-0.3, -0.25) is 4.98 Å². The number of nitrogens with zero attached hydrogens (tertiary/aromatic N) is 1. The molecule has 0 saturated heterocycles. The molecular weight excluding hydrogens is 214 g/mol. The van der Waals surface area contributed by atoms with Crippen LogP contribution in [0.15, 0.2) is 36.5 Å². The maximum atomic E-state index is 5.73. The van der Waals surface area contributed by atoms with Gasteiger partial charge in [0.25, 0.3) is 0 Å². The number of nitrogens with one attached hydrogen (secondary N) is 1. The molecule has 2 rings (SSSR count). The first-order chi connectivity index (χ1) is 8.19. The van der Waals surface area contributed by atoms with Gasteiger partial charge in [-0.2, -0.15) is 0 Å². The summed E-state index contributed by atoms with van der Waals surface area (Å²) in [7, 11) is 1.62. The molecule has 1 heterocycles. The first-order valence-corrected chi connectivity index (χ1v) is 5.32. The summed E-state index contributed by atoms with van der Waals surface area (Å²) in [4.78, 5) is 4.18. The van der Waals surface area contributed by atoms with Crippen molar-refractivity contribution < 1.29 is 4.74 Å². The number of aryl methyl sites for hydroxylation is 1. The molecule has 88 valence electrons. The van der Waals surface area contributed by atoms with Gasteiger partial charge in [0.2, 0.25) is 0 Å². The summed E-state index contributed by atoms with van der Waals surface area (Å²) >= 11 is 0. The fourth-order valence-corrected chi connectivity index (χ4v) is 1.58. The Kier molecular flexibility index (Phi) is 3.14. The molecule has 0 amide bonds. The van der Waals surface area contributed by atoms with Gasteiger partial charge in [-0.15, -0.1) is 0 Å². The maximum absolute atomic E-state index is 5.73. The number of nitrogens with two attached hydrogens (primary N) is 1. The number of anilines is 3. The van der Waals surface area contributed by atoms with Crippen molar-refractivity contribution in [3.05, 3.63) is 42.2 Å². The fourth-order valence-electron chi connectivity index (χ4n) is 1.58. The lowest BCUT2D eigenvalue weighted by Gasteiger charge is -2.11. The van der Waals surface area contributed by atoms with Crippen LogP contribution in [0.4, 0.5) is 17.1 Å². The maximum Gasteiger partial charge on any atom is 0.160 e. The van der Waals surface area contributed by atoms with Crippen LogP contribution in [0.3, 0.4) is 0 Å². The summed E-state index contributed by atoms with van der Waals surface area (Å²) in [6.45, 7) is 1.93. The molecule has 3 N–H and O–H groups in total. The minimum absolute atomic E-state index is 0.707. The summed E-state index contributed by atoms with van der Waals surface area (Å²) in [5.41, 5.74) is 9.18. The number of hydrogen-bond donors (Lipinski definition) is 2. The number of ether oxygens (including phenoxy) is 1. The van der Waals surface area contributed by atoms with E-state index in [-0.39, 0.29) is 0 Å². The topological polar surface area (TPSA) is 60.2 Å². The van der Waals surface area contributed by atoms with Crippen LogP contribution in [0, 0.1) is 6.92 Å². The van der Waals surface area contributed by atoms with Crippen LogP contribution >= 0.6 is 0 Å². The highest BCUT2D eigenvalue weighted by Gasteiger charge is 2.04. The van der Waals surface area contributed by atoms with Crippen molar-refractivity contribution in [2.45, 2.75) is 6.92 Å². The molecule has 0 unspecified atom stereocenters. The van der Waals surface area contributed by atoms with Crippen molar-refractivity contribution in [3.63, 3.8) is 0 Å². The summed E-state index contributed by atoms with van der Waals surface area (Å²) in [6, 6.07) is 9.50. The smallest absolute Gasteiger partial charge is 0.160 e. The first kappa shape index (κ1) is 11.3. The summed E-state index contributed by atoms with van der Waals surface area (Å²) < 4.78 is 5.25. The third-order valence-corrected chi connectivity index (χ3v) is 2.39. The molecule has 0 fully saturated rings. The van der Waals surface area contributed by atoms with E-state index in [0.29, 0.717) is 5.75 Å². The van der Waals surface area contributed by atoms with Gasteiger partial charge in [-0.05, 0) is 31.2 Å². The zero-order valence-corrected chi connectivity index (χ0v) is 9.90. The number of hydrogen-bond acceptors (Lipinski definition) is 4. The average Bonchev–Trinajstić information content (AvgIpc) is 2.29. The third kappa shape index (κ3) is 2.66. The van der Waals surface area contributed by atoms with Gasteiger partial charge >= 0.3 is 0 Å². The van der Waals surface area contributed by atoms with Crippen molar-refractivity contribution in [1.82, 2.24) is 4.98 Å². The standard InChI is InChI=1S/C13H15N3O/c1-9-6-12(13(17-2)8-15-9)16-11-5-3-4-10(14)7-11/h3-8H,14H2,1-2H3,(H,15,16). The molecule has 1 aromatic heterocycles. The number of methoxy groups -OCH3 is 1. The lowest BCUT2D eigenvalue weighted by molar-refractivity contribution is 0.415. The normalized spacial score (nSPS) is 10.0. The van der Waals surface area contributed by atoms with Gasteiger partial charge in [0, 0.05) is 17.1 Å². The van der Waals surface area contributed by atoms with E-state index in [0.717, 1.165) is 22.8 Å². The molecule has 1 aromatic carbocycles. The predicted molar refractivity (Wildman–Crippen MR) is 69.7 cm³/mol. The highest BCUT2D eigenvalue weighted by molar-refractivity contribution is 5.68. The minimum Gasteiger partial charge on any atom is -0.493 e. The van der Waals surface area contributed by atoms with Gasteiger partial charge < -0.3 is 15.8 Å². The zero-order valence-electron chi connectivity index (χ0n) is 9.90. The molecule has 4 nitrogen and oxygen atoms in total. The highest BCUT2D eigenvalue weighted by atomic mass is 16.5. The van der Waals surface area contributed by atoms with Crippen molar-refractivity contribution in [2.75, 3.05) is 18.2 Å². The Labute approximate surface area is 100 Å². The van der Waals surface area contributed by atoms with Crippen LogP contribution < -0.4 is 15.8 Å². The van der Waals surface area contributed by atoms with Crippen molar-refractivity contribution in [2.24, 2.45) is 0 Å². The summed E-state index contributed by atoms with van der Waals surface area (Å²) in [5.74, 6) is 0.707. The first-order valence-electron chi connectivity index (χ1n) is 5.32. The van der Waals surface area contributed by atoms with E-state index in [1.807, 2.05) is 37.3 Å². The molecule has 0 aliphatic carbocycles. The number of nitrogen functional groups attached to an aromatic ring is 1. The second-order valence-corrected chi connectivity index (χ2v) is 3.78. The third-order valence-electron chi connectivity index (χ3n) is 2.39. The Bertz CT molecular complexity index is 526. The van der Waals surface area contributed by atoms with E-state index in [2.05, 4.69) is 10.3 Å². The molecule has 17 heavy (non-hydrogen) atoms. The van der Waals surface area contributed by atoms with Crippen molar-refractivity contribution in [3.8, 4) is 5.75 Å². The van der Waals surface area contributed by atoms with E-state index < -0.39 is 0 Å². The number of pyridine rings is 1. The Morgan fingerprint density at radius 3 is 2.82 bits per heavy atom. The molecule has 0 aliphatic heterocycles. The molecule has 0 radical (unpaired) electrons. The van der Waals surface area contributed by atoms with E-state index in [1.54, 1.807) is 13.3 Å². The molecule has 0 aliphatic rings. The van der Waals surface area contributed by atoms with E-state index in [9.17, 15) is 0 Å². The summed E-state index contributed by atoms with van der Waals surface area (Å²) in [5, 5.41) is 3.26. The van der Waals surface area contributed by atoms with Gasteiger partial charge in [0.15, 0.2) is 5.75 Å². The van der Waals surface area contributed by atoms with Crippen LogP contribution in [-0.4, -0.2) is 12.1 Å². The summed E-state index contributed by atoms with van der Waals surface area (Å²) in [6.07, 6.45) is 1.70. The number of rotatable bonds is 3. The average molecular weight is 229 g/mol. The Balaban J connectivity index is 2.32. The molecule has 2 aromatic rings. The van der Waals surface area contributed by atoms with Crippen LogP contribution in [0.2, 0.25) is 0 Å². The fraction of sp³-hybridized carbons (Fsp3) is 0.154. The number of aromatic nitrogens is 1. The minimum atomic E-state index is 0.707. The predicted octanol–water partition coefficient (Wildman–Crippen LogP) is 2.72. The monoisotopic (exact) mass is 229 g/mol. The van der Waals surface area contributed by atoms with E-state index >= 15 is 0 Å². The van der Waals surface area contributed by atoms with Gasteiger partial charge in [0.1, 0.15) is 0 Å². The van der Waals surface area contributed by atoms with Crippen molar-refractivity contribution >= 4 is 17.1 Å². The Morgan fingerprint density at radius 2 is 2.12 bits per heavy atom. The zero-order chi connectivity index (χ0) is 12.3. The Morgan fingerprint density at radius 1 is 1.29 bits per heavy atom. The second-order valence-electron chi connectivity index (χ2n) is 3.78. The molecule has 0 spiro atoms. The largest absolute Gasteiger partial charge is 0.493 e. The van der Waals surface area contributed by atoms with Crippen LogP contribution in [0.1, 0.15) is 5.69 Å².